The first-order valence-electron chi connectivity index (χ1n) is 7.85. The molecule has 1 N–H and O–H groups in total. The summed E-state index contributed by atoms with van der Waals surface area (Å²) in [4.78, 5) is 11.9. The van der Waals surface area contributed by atoms with Crippen molar-refractivity contribution < 1.29 is 19.0 Å². The van der Waals surface area contributed by atoms with E-state index in [2.05, 4.69) is 5.32 Å². The molecule has 7 heteroatoms. The van der Waals surface area contributed by atoms with Crippen molar-refractivity contribution in [3.8, 4) is 17.2 Å². The zero-order chi connectivity index (χ0) is 17.6. The standard InChI is InChI=1S/C18H17Cl2NO4/c19-13-3-1-4-14(9-13)25-11-17(22)21-10-12-7-15(20)18-16(8-12)23-5-2-6-24-18/h1,3-4,7-9H,2,5-6,10-11H2,(H,21,22). The fourth-order valence-corrected chi connectivity index (χ4v) is 2.81. The summed E-state index contributed by atoms with van der Waals surface area (Å²) >= 11 is 12.1. The van der Waals surface area contributed by atoms with Gasteiger partial charge in [-0.05, 0) is 35.9 Å². The van der Waals surface area contributed by atoms with E-state index >= 15 is 0 Å². The van der Waals surface area contributed by atoms with Crippen molar-refractivity contribution in [2.24, 2.45) is 0 Å². The van der Waals surface area contributed by atoms with Gasteiger partial charge in [-0.1, -0.05) is 29.3 Å². The van der Waals surface area contributed by atoms with Crippen LogP contribution in [0, 0.1) is 0 Å². The number of fused-ring (bicyclic) bond motifs is 1. The quantitative estimate of drug-likeness (QED) is 0.854. The summed E-state index contributed by atoms with van der Waals surface area (Å²) in [5.74, 6) is 1.45. The monoisotopic (exact) mass is 381 g/mol. The van der Waals surface area contributed by atoms with E-state index in [-0.39, 0.29) is 12.5 Å². The van der Waals surface area contributed by atoms with E-state index in [1.165, 1.54) is 0 Å². The molecule has 0 saturated carbocycles. The lowest BCUT2D eigenvalue weighted by Crippen LogP contribution is -2.28. The van der Waals surface area contributed by atoms with Crippen LogP contribution in [0.4, 0.5) is 0 Å². The number of hydrogen-bond acceptors (Lipinski definition) is 4. The SMILES string of the molecule is O=C(COc1cccc(Cl)c1)NCc1cc(Cl)c2c(c1)OCCCO2. The number of carbonyl (C=O) groups excluding carboxylic acids is 1. The molecular formula is C18H17Cl2NO4. The van der Waals surface area contributed by atoms with Crippen LogP contribution in [0.1, 0.15) is 12.0 Å². The molecule has 5 nitrogen and oxygen atoms in total. The molecular weight excluding hydrogens is 365 g/mol. The predicted molar refractivity (Wildman–Crippen MR) is 95.9 cm³/mol. The van der Waals surface area contributed by atoms with E-state index in [1.54, 1.807) is 30.3 Å². The maximum absolute atomic E-state index is 11.9. The van der Waals surface area contributed by atoms with E-state index in [1.807, 2.05) is 6.07 Å². The Hall–Kier alpha value is -2.11. The van der Waals surface area contributed by atoms with Crippen molar-refractivity contribution >= 4 is 29.1 Å². The van der Waals surface area contributed by atoms with Crippen molar-refractivity contribution in [3.63, 3.8) is 0 Å². The molecule has 1 amide bonds. The molecule has 0 bridgehead atoms. The number of hydrogen-bond donors (Lipinski definition) is 1. The van der Waals surface area contributed by atoms with Gasteiger partial charge in [0.15, 0.2) is 18.1 Å². The molecule has 132 valence electrons. The molecule has 2 aromatic rings. The van der Waals surface area contributed by atoms with Crippen LogP contribution in [0.25, 0.3) is 0 Å². The van der Waals surface area contributed by atoms with Crippen LogP contribution in [0.2, 0.25) is 10.0 Å². The third-order valence-electron chi connectivity index (χ3n) is 3.52. The average Bonchev–Trinajstić information content (AvgIpc) is 2.84. The van der Waals surface area contributed by atoms with Gasteiger partial charge in [0.25, 0.3) is 5.91 Å². The highest BCUT2D eigenvalue weighted by molar-refractivity contribution is 6.32. The summed E-state index contributed by atoms with van der Waals surface area (Å²) in [5, 5.41) is 3.81. The molecule has 0 atom stereocenters. The Labute approximate surface area is 155 Å². The third-order valence-corrected chi connectivity index (χ3v) is 4.03. The number of benzene rings is 2. The van der Waals surface area contributed by atoms with Crippen LogP contribution in [-0.2, 0) is 11.3 Å². The van der Waals surface area contributed by atoms with Gasteiger partial charge in [0.05, 0.1) is 18.2 Å². The minimum atomic E-state index is -0.247. The lowest BCUT2D eigenvalue weighted by Gasteiger charge is -2.12. The van der Waals surface area contributed by atoms with E-state index in [0.717, 1.165) is 12.0 Å². The zero-order valence-electron chi connectivity index (χ0n) is 13.4. The molecule has 0 aliphatic carbocycles. The molecule has 3 rings (SSSR count). The van der Waals surface area contributed by atoms with Crippen LogP contribution >= 0.6 is 23.2 Å². The van der Waals surface area contributed by atoms with E-state index < -0.39 is 0 Å². The van der Waals surface area contributed by atoms with Crippen LogP contribution in [0.3, 0.4) is 0 Å². The number of halogens is 2. The summed E-state index contributed by atoms with van der Waals surface area (Å²) in [6.07, 6.45) is 0.803. The van der Waals surface area contributed by atoms with Gasteiger partial charge in [-0.2, -0.15) is 0 Å². The van der Waals surface area contributed by atoms with Crippen LogP contribution in [-0.4, -0.2) is 25.7 Å². The number of rotatable bonds is 5. The summed E-state index contributed by atoms with van der Waals surface area (Å²) in [5.41, 5.74) is 0.824. The van der Waals surface area contributed by atoms with Crippen LogP contribution in [0.5, 0.6) is 17.2 Å². The molecule has 0 spiro atoms. The van der Waals surface area contributed by atoms with Crippen molar-refractivity contribution in [3.05, 3.63) is 52.0 Å². The summed E-state index contributed by atoms with van der Waals surface area (Å²) in [6.45, 7) is 1.36. The van der Waals surface area contributed by atoms with Gasteiger partial charge in [-0.3, -0.25) is 4.79 Å². The van der Waals surface area contributed by atoms with Crippen LogP contribution < -0.4 is 19.5 Å². The molecule has 0 unspecified atom stereocenters. The predicted octanol–water partition coefficient (Wildman–Crippen LogP) is 3.85. The first kappa shape index (κ1) is 17.7. The summed E-state index contributed by atoms with van der Waals surface area (Å²) < 4.78 is 16.6. The van der Waals surface area contributed by atoms with Gasteiger partial charge in [-0.15, -0.1) is 0 Å². The first-order valence-corrected chi connectivity index (χ1v) is 8.60. The van der Waals surface area contributed by atoms with E-state index in [9.17, 15) is 4.79 Å². The molecule has 2 aromatic carbocycles. The average molecular weight is 382 g/mol. The lowest BCUT2D eigenvalue weighted by atomic mass is 10.2. The molecule has 0 saturated heterocycles. The van der Waals surface area contributed by atoms with Gasteiger partial charge >= 0.3 is 0 Å². The molecule has 1 heterocycles. The Morgan fingerprint density at radius 1 is 1.16 bits per heavy atom. The van der Waals surface area contributed by atoms with Gasteiger partial charge in [0.2, 0.25) is 0 Å². The maximum Gasteiger partial charge on any atom is 0.258 e. The number of carbonyl (C=O) groups is 1. The fourth-order valence-electron chi connectivity index (χ4n) is 2.34. The fraction of sp³-hybridized carbons (Fsp3) is 0.278. The first-order chi connectivity index (χ1) is 12.1. The maximum atomic E-state index is 11.9. The Balaban J connectivity index is 1.55. The van der Waals surface area contributed by atoms with Gasteiger partial charge in [0.1, 0.15) is 5.75 Å². The van der Waals surface area contributed by atoms with Crippen molar-refractivity contribution in [1.29, 1.82) is 0 Å². The molecule has 0 aromatic heterocycles. The van der Waals surface area contributed by atoms with Crippen molar-refractivity contribution in [2.45, 2.75) is 13.0 Å². The van der Waals surface area contributed by atoms with Crippen molar-refractivity contribution in [1.82, 2.24) is 5.32 Å². The largest absolute Gasteiger partial charge is 0.489 e. The molecule has 0 fully saturated rings. The Kier molecular flexibility index (Phi) is 5.89. The number of nitrogens with one attached hydrogen (secondary N) is 1. The minimum absolute atomic E-state index is 0.0986. The lowest BCUT2D eigenvalue weighted by molar-refractivity contribution is -0.123. The Morgan fingerprint density at radius 2 is 2.00 bits per heavy atom. The smallest absolute Gasteiger partial charge is 0.258 e. The minimum Gasteiger partial charge on any atom is -0.489 e. The highest BCUT2D eigenvalue weighted by Gasteiger charge is 2.16. The van der Waals surface area contributed by atoms with E-state index in [0.29, 0.717) is 47.1 Å². The second-order valence-corrected chi connectivity index (χ2v) is 6.32. The normalized spacial score (nSPS) is 13.0. The highest BCUT2D eigenvalue weighted by atomic mass is 35.5. The third kappa shape index (κ3) is 4.94. The molecule has 1 aliphatic rings. The van der Waals surface area contributed by atoms with Crippen molar-refractivity contribution in [2.75, 3.05) is 19.8 Å². The van der Waals surface area contributed by atoms with E-state index in [4.69, 9.17) is 37.4 Å². The topological polar surface area (TPSA) is 56.8 Å². The zero-order valence-corrected chi connectivity index (χ0v) is 14.9. The number of ether oxygens (including phenoxy) is 3. The molecule has 25 heavy (non-hydrogen) atoms. The van der Waals surface area contributed by atoms with Gasteiger partial charge < -0.3 is 19.5 Å². The Morgan fingerprint density at radius 3 is 2.84 bits per heavy atom. The van der Waals surface area contributed by atoms with Gasteiger partial charge in [0, 0.05) is 18.0 Å². The van der Waals surface area contributed by atoms with Gasteiger partial charge in [-0.25, -0.2) is 0 Å². The number of amides is 1. The second kappa shape index (κ2) is 8.32. The second-order valence-electron chi connectivity index (χ2n) is 5.48. The summed E-state index contributed by atoms with van der Waals surface area (Å²) in [7, 11) is 0. The Bertz CT molecular complexity index is 767. The molecule has 0 radical (unpaired) electrons. The van der Waals surface area contributed by atoms with Crippen LogP contribution in [0.15, 0.2) is 36.4 Å². The molecule has 1 aliphatic heterocycles. The highest BCUT2D eigenvalue weighted by Crippen LogP contribution is 2.37. The summed E-state index contributed by atoms with van der Waals surface area (Å²) in [6, 6.07) is 10.5.